The summed E-state index contributed by atoms with van der Waals surface area (Å²) in [5.41, 5.74) is 6.85. The zero-order chi connectivity index (χ0) is 50.6. The molecule has 0 amide bonds. The van der Waals surface area contributed by atoms with Gasteiger partial charge < -0.3 is 52.5 Å². The lowest BCUT2D eigenvalue weighted by Gasteiger charge is -2.49. The van der Waals surface area contributed by atoms with E-state index in [1.54, 1.807) is 7.11 Å². The van der Waals surface area contributed by atoms with Gasteiger partial charge in [0.1, 0.15) is 48.8 Å². The van der Waals surface area contributed by atoms with Crippen molar-refractivity contribution in [3.63, 3.8) is 0 Å². The van der Waals surface area contributed by atoms with E-state index in [4.69, 9.17) is 47.4 Å². The Balaban J connectivity index is 1.07. The summed E-state index contributed by atoms with van der Waals surface area (Å²) < 4.78 is 68.3. The Morgan fingerprint density at radius 1 is 0.351 bits per heavy atom. The lowest BCUT2D eigenvalue weighted by molar-refractivity contribution is -0.326. The second kappa shape index (κ2) is 28.1. The predicted octanol–water partition coefficient (Wildman–Crippen LogP) is 10.6. The van der Waals surface area contributed by atoms with Crippen LogP contribution in [0.15, 0.2) is 212 Å². The Kier molecular flexibility index (Phi) is 20.1. The Morgan fingerprint density at radius 3 is 1.01 bits per heavy atom. The zero-order valence-corrected chi connectivity index (χ0v) is 42.0. The van der Waals surface area contributed by atoms with Crippen molar-refractivity contribution in [2.45, 2.75) is 120 Å². The van der Waals surface area contributed by atoms with E-state index in [0.29, 0.717) is 6.61 Å². The lowest BCUT2D eigenvalue weighted by Crippen LogP contribution is -2.65. The molecule has 0 radical (unpaired) electrons. The first-order valence-corrected chi connectivity index (χ1v) is 25.6. The van der Waals surface area contributed by atoms with Gasteiger partial charge >= 0.3 is 0 Å². The molecular weight excluding hydrogens is 933 g/mol. The Hall–Kier alpha value is -5.90. The van der Waals surface area contributed by atoms with Gasteiger partial charge in [0.15, 0.2) is 6.29 Å². The molecule has 0 saturated carbocycles. The van der Waals surface area contributed by atoms with E-state index in [1.807, 2.05) is 212 Å². The minimum absolute atomic E-state index is 0.0321. The number of hydrogen-bond acceptors (Lipinski definition) is 11. The molecule has 1 N–H and O–H groups in total. The van der Waals surface area contributed by atoms with Crippen molar-refractivity contribution in [2.24, 2.45) is 0 Å². The van der Waals surface area contributed by atoms with Crippen molar-refractivity contribution >= 4 is 0 Å². The average molecular weight is 1000 g/mol. The molecule has 74 heavy (non-hydrogen) atoms. The van der Waals surface area contributed by atoms with Crippen LogP contribution in [0.1, 0.15) is 45.4 Å². The molecule has 11 atom stereocenters. The minimum Gasteiger partial charge on any atom is -0.390 e. The predicted molar refractivity (Wildman–Crippen MR) is 281 cm³/mol. The van der Waals surface area contributed by atoms with Gasteiger partial charge in [-0.15, -0.1) is 0 Å². The highest BCUT2D eigenvalue weighted by molar-refractivity contribution is 5.19. The third-order valence-corrected chi connectivity index (χ3v) is 13.5. The van der Waals surface area contributed by atoms with E-state index in [9.17, 15) is 5.11 Å². The lowest BCUT2D eigenvalue weighted by atomic mass is 9.87. The summed E-state index contributed by atoms with van der Waals surface area (Å²) in [7, 11) is 1.60. The summed E-state index contributed by atoms with van der Waals surface area (Å²) in [4.78, 5) is 0. The van der Waals surface area contributed by atoms with E-state index in [1.165, 1.54) is 0 Å². The van der Waals surface area contributed by atoms with Gasteiger partial charge in [-0.1, -0.05) is 212 Å². The Bertz CT molecular complexity index is 2600. The maximum absolute atomic E-state index is 13.1. The topological polar surface area (TPSA) is 113 Å². The molecule has 2 aliphatic heterocycles. The van der Waals surface area contributed by atoms with Crippen LogP contribution in [-0.4, -0.2) is 86.2 Å². The van der Waals surface area contributed by atoms with Crippen LogP contribution in [0.2, 0.25) is 0 Å². The third-order valence-electron chi connectivity index (χ3n) is 13.5. The first-order valence-electron chi connectivity index (χ1n) is 25.6. The van der Waals surface area contributed by atoms with Crippen molar-refractivity contribution in [3.05, 3.63) is 251 Å². The van der Waals surface area contributed by atoms with Gasteiger partial charge in [-0.3, -0.25) is 0 Å². The molecule has 386 valence electrons. The third kappa shape index (κ3) is 15.1. The van der Waals surface area contributed by atoms with E-state index in [-0.39, 0.29) is 52.7 Å². The molecule has 11 heteroatoms. The molecule has 0 aliphatic carbocycles. The molecule has 0 spiro atoms. The van der Waals surface area contributed by atoms with Crippen molar-refractivity contribution in [2.75, 3.05) is 13.7 Å². The maximum atomic E-state index is 13.1. The summed E-state index contributed by atoms with van der Waals surface area (Å²) in [6.07, 6.45) is -9.05. The van der Waals surface area contributed by atoms with E-state index >= 15 is 0 Å². The van der Waals surface area contributed by atoms with Crippen LogP contribution in [0.25, 0.3) is 0 Å². The number of methoxy groups -OCH3 is 1. The quantitative estimate of drug-likeness (QED) is 0.0560. The summed E-state index contributed by atoms with van der Waals surface area (Å²) >= 11 is 0. The van der Waals surface area contributed by atoms with Crippen LogP contribution >= 0.6 is 0 Å². The second-order valence-electron chi connectivity index (χ2n) is 18.8. The van der Waals surface area contributed by atoms with E-state index < -0.39 is 67.3 Å². The molecule has 0 bridgehead atoms. The van der Waals surface area contributed by atoms with Gasteiger partial charge in [0.25, 0.3) is 0 Å². The summed E-state index contributed by atoms with van der Waals surface area (Å²) in [5, 5.41) is 13.1. The van der Waals surface area contributed by atoms with E-state index in [2.05, 4.69) is 0 Å². The van der Waals surface area contributed by atoms with Gasteiger partial charge in [0.2, 0.25) is 0 Å². The van der Waals surface area contributed by atoms with Crippen molar-refractivity contribution < 1.29 is 52.5 Å². The van der Waals surface area contributed by atoms with Crippen LogP contribution in [0, 0.1) is 0 Å². The van der Waals surface area contributed by atoms with E-state index in [0.717, 1.165) is 38.9 Å². The maximum Gasteiger partial charge on any atom is 0.186 e. The molecule has 7 aromatic rings. The molecule has 9 rings (SSSR count). The highest BCUT2D eigenvalue weighted by Gasteiger charge is 2.54. The monoisotopic (exact) mass is 1000 g/mol. The number of benzene rings is 7. The van der Waals surface area contributed by atoms with Crippen LogP contribution in [0.5, 0.6) is 0 Å². The molecular formula is C63H68O11. The van der Waals surface area contributed by atoms with Gasteiger partial charge in [-0.25, -0.2) is 0 Å². The molecule has 2 aliphatic rings. The van der Waals surface area contributed by atoms with Crippen molar-refractivity contribution in [3.8, 4) is 0 Å². The van der Waals surface area contributed by atoms with Crippen LogP contribution in [-0.2, 0) is 93.6 Å². The van der Waals surface area contributed by atoms with Gasteiger partial charge in [-0.05, 0) is 38.9 Å². The van der Waals surface area contributed by atoms with Gasteiger partial charge in [0, 0.05) is 13.5 Å². The molecule has 7 aromatic carbocycles. The zero-order valence-electron chi connectivity index (χ0n) is 42.0. The first kappa shape index (κ1) is 52.9. The average Bonchev–Trinajstić information content (AvgIpc) is 3.46. The highest BCUT2D eigenvalue weighted by Crippen LogP contribution is 2.37. The number of hydrogen-bond donors (Lipinski definition) is 1. The molecule has 2 saturated heterocycles. The minimum atomic E-state index is -1.22. The van der Waals surface area contributed by atoms with Crippen molar-refractivity contribution in [1.29, 1.82) is 0 Å². The molecule has 2 fully saturated rings. The van der Waals surface area contributed by atoms with Crippen molar-refractivity contribution in [1.82, 2.24) is 0 Å². The fourth-order valence-corrected chi connectivity index (χ4v) is 9.63. The Morgan fingerprint density at radius 2 is 0.649 bits per heavy atom. The Labute approximate surface area is 435 Å². The summed E-state index contributed by atoms with van der Waals surface area (Å²) in [6, 6.07) is 70.0. The number of ether oxygens (including phenoxy) is 10. The standard InChI is InChI=1S/C63H68O11/c1-65-63-62(72-44-52-35-21-8-22-36-52)61(71-43-51-33-19-7-20-34-51)57(67-39-47-25-11-3-12-26-47)54(74-63)37-53(64)56-59(69-41-49-29-15-5-16-30-49)60(70-42-50-31-17-6-18-32-50)58(68-40-48-27-13-4-14-28-48)55(73-56)45-66-38-46-23-9-2-10-24-46/h2-36,53-64H,37-45H2,1H3/t53-,54-,55-,56+,57-,58-,59+,60+,61+,62+,63+/m1/s1. The molecule has 0 aromatic heterocycles. The molecule has 0 unspecified atom stereocenters. The summed E-state index contributed by atoms with van der Waals surface area (Å²) in [5.74, 6) is 0. The number of aliphatic hydroxyl groups is 1. The van der Waals surface area contributed by atoms with Crippen LogP contribution < -0.4 is 0 Å². The smallest absolute Gasteiger partial charge is 0.186 e. The first-order chi connectivity index (χ1) is 36.6. The largest absolute Gasteiger partial charge is 0.390 e. The van der Waals surface area contributed by atoms with Gasteiger partial charge in [-0.2, -0.15) is 0 Å². The molecule has 11 nitrogen and oxygen atoms in total. The number of aliphatic hydroxyl groups excluding tert-OH is 1. The normalized spacial score (nSPS) is 24.3. The summed E-state index contributed by atoms with van der Waals surface area (Å²) in [6.45, 7) is 2.02. The SMILES string of the molecule is CO[C@H]1O[C@H](C[C@@H](O)[C@@H]2O[C@H](COCc3ccccc3)[C@@H](OCc3ccccc3)[C@H](OCc3ccccc3)[C@H]2OCc2ccccc2)[C@@H](OCc2ccccc2)[C@H](OCc2ccccc2)[C@@H]1OCc1ccccc1. The fourth-order valence-electron chi connectivity index (χ4n) is 9.63. The number of rotatable bonds is 26. The fraction of sp³-hybridized carbons (Fsp3) is 0.333. The molecule has 2 heterocycles. The van der Waals surface area contributed by atoms with Crippen LogP contribution in [0.3, 0.4) is 0 Å². The van der Waals surface area contributed by atoms with Gasteiger partial charge in [0.05, 0.1) is 65.1 Å². The highest BCUT2D eigenvalue weighted by atomic mass is 16.7. The second-order valence-corrected chi connectivity index (χ2v) is 18.8. The van der Waals surface area contributed by atoms with Crippen LogP contribution in [0.4, 0.5) is 0 Å².